The van der Waals surface area contributed by atoms with Gasteiger partial charge in [-0.3, -0.25) is 4.79 Å². The van der Waals surface area contributed by atoms with Crippen LogP contribution in [0.5, 0.6) is 11.5 Å². The summed E-state index contributed by atoms with van der Waals surface area (Å²) in [4.78, 5) is 17.3. The van der Waals surface area contributed by atoms with E-state index in [4.69, 9.17) is 9.47 Å². The van der Waals surface area contributed by atoms with Crippen molar-refractivity contribution in [3.63, 3.8) is 0 Å². The lowest BCUT2D eigenvalue weighted by Crippen LogP contribution is -2.22. The minimum absolute atomic E-state index is 0.0805. The van der Waals surface area contributed by atoms with E-state index in [1.165, 1.54) is 0 Å². The fraction of sp³-hybridized carbons (Fsp3) is 0.333. The number of rotatable bonds is 6. The molecule has 0 aliphatic carbocycles. The first kappa shape index (κ1) is 19.1. The summed E-state index contributed by atoms with van der Waals surface area (Å²) in [6.45, 7) is 3.32. The smallest absolute Gasteiger partial charge is 0.244 e. The first-order chi connectivity index (χ1) is 14.1. The predicted octanol–water partition coefficient (Wildman–Crippen LogP) is 2.63. The molecule has 0 saturated carbocycles. The summed E-state index contributed by atoms with van der Waals surface area (Å²) >= 11 is 0. The van der Waals surface area contributed by atoms with Gasteiger partial charge in [0.25, 0.3) is 0 Å². The number of nitrogens with one attached hydrogen (secondary N) is 2. The third-order valence-corrected chi connectivity index (χ3v) is 4.54. The highest BCUT2D eigenvalue weighted by Gasteiger charge is 2.16. The van der Waals surface area contributed by atoms with Gasteiger partial charge in [0.2, 0.25) is 11.9 Å². The van der Waals surface area contributed by atoms with Gasteiger partial charge in [-0.2, -0.15) is 0 Å². The van der Waals surface area contributed by atoms with Gasteiger partial charge in [0.1, 0.15) is 6.54 Å². The lowest BCUT2D eigenvalue weighted by molar-refractivity contribution is -0.116. The number of nitrogens with zero attached hydrogens (tertiary/aromatic N) is 2. The van der Waals surface area contributed by atoms with Gasteiger partial charge in [-0.15, -0.1) is 0 Å². The van der Waals surface area contributed by atoms with Crippen molar-refractivity contribution in [3.05, 3.63) is 42.5 Å². The molecule has 8 heteroatoms. The largest absolute Gasteiger partial charge is 0.490 e. The highest BCUT2D eigenvalue weighted by molar-refractivity contribution is 5.92. The Labute approximate surface area is 168 Å². The van der Waals surface area contributed by atoms with Crippen molar-refractivity contribution in [3.8, 4) is 11.5 Å². The van der Waals surface area contributed by atoms with Gasteiger partial charge in [0.05, 0.1) is 30.4 Å². The molecule has 0 bridgehead atoms. The van der Waals surface area contributed by atoms with Crippen molar-refractivity contribution in [1.29, 1.82) is 0 Å². The van der Waals surface area contributed by atoms with Crippen LogP contribution in [0.2, 0.25) is 0 Å². The summed E-state index contributed by atoms with van der Waals surface area (Å²) in [5.41, 5.74) is 2.26. The molecule has 1 aliphatic rings. The highest BCUT2D eigenvalue weighted by Crippen LogP contribution is 2.32. The Hall–Kier alpha value is -3.26. The van der Waals surface area contributed by atoms with Gasteiger partial charge in [-0.25, -0.2) is 4.98 Å². The van der Waals surface area contributed by atoms with Crippen LogP contribution in [0.15, 0.2) is 42.5 Å². The van der Waals surface area contributed by atoms with Crippen LogP contribution in [-0.2, 0) is 11.3 Å². The highest BCUT2D eigenvalue weighted by atomic mass is 16.5. The molecule has 2 aromatic carbocycles. The molecule has 3 N–H and O–H groups in total. The average Bonchev–Trinajstić information content (AvgIpc) is 2.88. The number of para-hydroxylation sites is 2. The minimum atomic E-state index is -0.529. The summed E-state index contributed by atoms with van der Waals surface area (Å²) in [5, 5.41) is 15.6. The normalized spacial score (nSPS) is 14.3. The molecule has 8 nitrogen and oxygen atoms in total. The van der Waals surface area contributed by atoms with Crippen LogP contribution in [0.25, 0.3) is 11.0 Å². The third kappa shape index (κ3) is 4.43. The molecule has 0 radical (unpaired) electrons. The molecule has 152 valence electrons. The van der Waals surface area contributed by atoms with Crippen LogP contribution in [0.4, 0.5) is 11.6 Å². The number of ether oxygens (including phenoxy) is 2. The number of carbonyl (C=O) groups is 1. The van der Waals surface area contributed by atoms with E-state index in [9.17, 15) is 9.90 Å². The molecular weight excluding hydrogens is 372 g/mol. The molecule has 1 aliphatic heterocycles. The van der Waals surface area contributed by atoms with Crippen molar-refractivity contribution in [2.75, 3.05) is 30.4 Å². The fourth-order valence-electron chi connectivity index (χ4n) is 3.19. The maximum atomic E-state index is 12.7. The van der Waals surface area contributed by atoms with Crippen LogP contribution in [0, 0.1) is 0 Å². The minimum Gasteiger partial charge on any atom is -0.490 e. The Kier molecular flexibility index (Phi) is 5.53. The van der Waals surface area contributed by atoms with Gasteiger partial charge < -0.3 is 29.8 Å². The standard InChI is InChI=1S/C21H24N4O4/c1-14(26)12-22-21-24-16-5-2-3-6-17(16)25(21)13-20(27)23-15-7-8-18-19(11-15)29-10-4-9-28-18/h2-3,5-8,11,14,26H,4,9-10,12-13H2,1H3,(H,22,24)(H,23,27). The Bertz CT molecular complexity index is 1020. The Morgan fingerprint density at radius 3 is 2.83 bits per heavy atom. The number of amides is 1. The second-order valence-corrected chi connectivity index (χ2v) is 7.00. The zero-order chi connectivity index (χ0) is 20.2. The third-order valence-electron chi connectivity index (χ3n) is 4.54. The van der Waals surface area contributed by atoms with E-state index in [0.717, 1.165) is 17.5 Å². The Morgan fingerprint density at radius 2 is 2.00 bits per heavy atom. The van der Waals surface area contributed by atoms with Crippen molar-refractivity contribution < 1.29 is 19.4 Å². The summed E-state index contributed by atoms with van der Waals surface area (Å²) in [5.74, 6) is 1.67. The zero-order valence-electron chi connectivity index (χ0n) is 16.2. The van der Waals surface area contributed by atoms with E-state index in [2.05, 4.69) is 15.6 Å². The number of carbonyl (C=O) groups excluding carboxylic acids is 1. The molecule has 1 atom stereocenters. The number of aliphatic hydroxyl groups is 1. The molecule has 0 saturated heterocycles. The number of aromatic nitrogens is 2. The second kappa shape index (κ2) is 8.40. The molecule has 1 aromatic heterocycles. The SMILES string of the molecule is CC(O)CNc1nc2ccccc2n1CC(=O)Nc1ccc2c(c1)OCCCO2. The first-order valence-electron chi connectivity index (χ1n) is 9.67. The van der Waals surface area contributed by atoms with Gasteiger partial charge in [-0.05, 0) is 31.2 Å². The number of imidazole rings is 1. The number of hydrogen-bond acceptors (Lipinski definition) is 6. The lowest BCUT2D eigenvalue weighted by Gasteiger charge is -2.13. The maximum Gasteiger partial charge on any atom is 0.244 e. The molecule has 3 aromatic rings. The molecular formula is C21H24N4O4. The topological polar surface area (TPSA) is 97.6 Å². The van der Waals surface area contributed by atoms with Crippen LogP contribution in [0.1, 0.15) is 13.3 Å². The monoisotopic (exact) mass is 396 g/mol. The van der Waals surface area contributed by atoms with E-state index in [-0.39, 0.29) is 12.5 Å². The molecule has 29 heavy (non-hydrogen) atoms. The van der Waals surface area contributed by atoms with E-state index in [1.54, 1.807) is 29.7 Å². The predicted molar refractivity (Wildman–Crippen MR) is 111 cm³/mol. The second-order valence-electron chi connectivity index (χ2n) is 7.00. The molecule has 0 spiro atoms. The number of benzene rings is 2. The maximum absolute atomic E-state index is 12.7. The Balaban J connectivity index is 1.53. The molecule has 2 heterocycles. The zero-order valence-corrected chi connectivity index (χ0v) is 16.2. The van der Waals surface area contributed by atoms with Crippen LogP contribution in [0.3, 0.4) is 0 Å². The van der Waals surface area contributed by atoms with Crippen molar-refractivity contribution in [2.45, 2.75) is 26.0 Å². The van der Waals surface area contributed by atoms with Gasteiger partial charge >= 0.3 is 0 Å². The molecule has 1 amide bonds. The van der Waals surface area contributed by atoms with Crippen LogP contribution >= 0.6 is 0 Å². The summed E-state index contributed by atoms with van der Waals surface area (Å²) in [7, 11) is 0. The van der Waals surface area contributed by atoms with Gasteiger partial charge in [-0.1, -0.05) is 12.1 Å². The number of aliphatic hydroxyl groups excluding tert-OH is 1. The fourth-order valence-corrected chi connectivity index (χ4v) is 3.19. The van der Waals surface area contributed by atoms with E-state index in [1.807, 2.05) is 24.3 Å². The van der Waals surface area contributed by atoms with Crippen LogP contribution in [-0.4, -0.2) is 46.4 Å². The quantitative estimate of drug-likeness (QED) is 0.593. The number of hydrogen-bond donors (Lipinski definition) is 3. The van der Waals surface area contributed by atoms with Crippen molar-refractivity contribution in [1.82, 2.24) is 9.55 Å². The van der Waals surface area contributed by atoms with Crippen molar-refractivity contribution in [2.24, 2.45) is 0 Å². The van der Waals surface area contributed by atoms with E-state index >= 15 is 0 Å². The first-order valence-corrected chi connectivity index (χ1v) is 9.67. The molecule has 4 rings (SSSR count). The molecule has 1 unspecified atom stereocenters. The summed E-state index contributed by atoms with van der Waals surface area (Å²) in [6.07, 6.45) is 0.297. The van der Waals surface area contributed by atoms with E-state index in [0.29, 0.717) is 42.9 Å². The van der Waals surface area contributed by atoms with E-state index < -0.39 is 6.10 Å². The van der Waals surface area contributed by atoms with Gasteiger partial charge in [0.15, 0.2) is 11.5 Å². The summed E-state index contributed by atoms with van der Waals surface area (Å²) in [6, 6.07) is 13.0. The van der Waals surface area contributed by atoms with Crippen LogP contribution < -0.4 is 20.1 Å². The lowest BCUT2D eigenvalue weighted by atomic mass is 10.2. The summed E-state index contributed by atoms with van der Waals surface area (Å²) < 4.78 is 13.1. The molecule has 0 fully saturated rings. The van der Waals surface area contributed by atoms with Gasteiger partial charge in [0, 0.05) is 24.7 Å². The Morgan fingerprint density at radius 1 is 1.21 bits per heavy atom. The number of fused-ring (bicyclic) bond motifs is 2. The average molecular weight is 396 g/mol. The van der Waals surface area contributed by atoms with Crippen molar-refractivity contribution >= 4 is 28.6 Å². The number of anilines is 2.